The van der Waals surface area contributed by atoms with Crippen molar-refractivity contribution in [3.05, 3.63) is 82.8 Å². The molecule has 7 rings (SSSR count). The van der Waals surface area contributed by atoms with E-state index in [1.165, 1.54) is 0 Å². The first-order valence-corrected chi connectivity index (χ1v) is 16.0. The van der Waals surface area contributed by atoms with Gasteiger partial charge in [-0.05, 0) is 76.4 Å². The molecule has 5 heterocycles. The summed E-state index contributed by atoms with van der Waals surface area (Å²) in [7, 11) is 2.14. The van der Waals surface area contributed by atoms with E-state index < -0.39 is 0 Å². The van der Waals surface area contributed by atoms with Crippen LogP contribution in [0.2, 0.25) is 0 Å². The molecule has 5 aromatic rings. The highest BCUT2D eigenvalue weighted by Gasteiger charge is 2.31. The van der Waals surface area contributed by atoms with Crippen molar-refractivity contribution in [3.63, 3.8) is 0 Å². The van der Waals surface area contributed by atoms with Gasteiger partial charge in [-0.15, -0.1) is 10.2 Å². The Labute approximate surface area is 268 Å². The van der Waals surface area contributed by atoms with E-state index in [9.17, 15) is 4.79 Å². The molecule has 1 aliphatic heterocycles. The van der Waals surface area contributed by atoms with E-state index in [0.29, 0.717) is 17.3 Å². The average molecular weight is 624 g/mol. The standard InChI is InChI=1S/C34H41N9O3/c1-20-31(21(2)46-40-20)43-30(18-28(39-43)34(3,4)5)36-33(44)35-25-14-15-27(24-11-8-7-10-23(24)25)45-22-13-16-29-37-38-32(42(29)19-22)26-12-9-17-41(26)6/h7-8,10-11,13,16,18-19,25-27H,9,12,14-15,17H2,1-6H3,(H2,35,36,44)/t25-,26-,27+/m0/s1. The Morgan fingerprint density at radius 3 is 2.57 bits per heavy atom. The van der Waals surface area contributed by atoms with Gasteiger partial charge in [0.1, 0.15) is 29.1 Å². The minimum absolute atomic E-state index is 0.154. The first-order chi connectivity index (χ1) is 22.1. The predicted molar refractivity (Wildman–Crippen MR) is 173 cm³/mol. The fourth-order valence-electron chi connectivity index (χ4n) is 6.71. The molecule has 1 aliphatic carbocycles. The smallest absolute Gasteiger partial charge is 0.320 e. The Morgan fingerprint density at radius 1 is 1.04 bits per heavy atom. The largest absolute Gasteiger partial charge is 0.484 e. The zero-order valence-electron chi connectivity index (χ0n) is 27.2. The van der Waals surface area contributed by atoms with E-state index in [4.69, 9.17) is 14.4 Å². The third kappa shape index (κ3) is 5.51. The monoisotopic (exact) mass is 623 g/mol. The minimum Gasteiger partial charge on any atom is -0.484 e. The Balaban J connectivity index is 1.10. The number of benzene rings is 1. The Morgan fingerprint density at radius 2 is 1.85 bits per heavy atom. The van der Waals surface area contributed by atoms with E-state index >= 15 is 0 Å². The molecule has 1 aromatic carbocycles. The van der Waals surface area contributed by atoms with Gasteiger partial charge in [-0.1, -0.05) is 50.2 Å². The van der Waals surface area contributed by atoms with Gasteiger partial charge in [0.2, 0.25) is 0 Å². The molecule has 0 spiro atoms. The number of pyridine rings is 1. The molecule has 1 fully saturated rings. The summed E-state index contributed by atoms with van der Waals surface area (Å²) in [5, 5.41) is 24.1. The van der Waals surface area contributed by atoms with Crippen LogP contribution in [0.5, 0.6) is 5.75 Å². The number of nitrogens with zero attached hydrogens (tertiary/aromatic N) is 7. The predicted octanol–water partition coefficient (Wildman–Crippen LogP) is 6.36. The van der Waals surface area contributed by atoms with Crippen LogP contribution in [-0.4, -0.2) is 54.1 Å². The van der Waals surface area contributed by atoms with E-state index in [0.717, 1.165) is 72.0 Å². The number of aromatic nitrogens is 6. The quantitative estimate of drug-likeness (QED) is 0.224. The highest BCUT2D eigenvalue weighted by atomic mass is 16.5. The fraction of sp³-hybridized carbons (Fsp3) is 0.441. The van der Waals surface area contributed by atoms with Crippen molar-refractivity contribution in [2.45, 2.75) is 83.9 Å². The first-order valence-electron chi connectivity index (χ1n) is 16.0. The third-order valence-corrected chi connectivity index (χ3v) is 9.17. The molecule has 0 saturated carbocycles. The molecule has 2 amide bonds. The lowest BCUT2D eigenvalue weighted by molar-refractivity contribution is 0.171. The summed E-state index contributed by atoms with van der Waals surface area (Å²) >= 11 is 0. The summed E-state index contributed by atoms with van der Waals surface area (Å²) in [4.78, 5) is 15.9. The van der Waals surface area contributed by atoms with E-state index in [1.807, 2.05) is 50.4 Å². The fourth-order valence-corrected chi connectivity index (χ4v) is 6.71. The van der Waals surface area contributed by atoms with Crippen LogP contribution in [0.25, 0.3) is 11.3 Å². The summed E-state index contributed by atoms with van der Waals surface area (Å²) in [6.45, 7) is 11.0. The van der Waals surface area contributed by atoms with Gasteiger partial charge in [0.15, 0.2) is 17.2 Å². The summed E-state index contributed by atoms with van der Waals surface area (Å²) in [5.41, 5.74) is 4.96. The van der Waals surface area contributed by atoms with Gasteiger partial charge < -0.3 is 14.6 Å². The zero-order chi connectivity index (χ0) is 32.2. The Kier molecular flexibility index (Phi) is 7.54. The number of carbonyl (C=O) groups excluding carboxylic acids is 1. The number of ether oxygens (including phenoxy) is 1. The maximum Gasteiger partial charge on any atom is 0.320 e. The van der Waals surface area contributed by atoms with Gasteiger partial charge in [-0.2, -0.15) is 5.10 Å². The van der Waals surface area contributed by atoms with Crippen LogP contribution in [0.15, 0.2) is 53.2 Å². The van der Waals surface area contributed by atoms with Crippen LogP contribution >= 0.6 is 0 Å². The van der Waals surface area contributed by atoms with Crippen LogP contribution in [0.3, 0.4) is 0 Å². The highest BCUT2D eigenvalue weighted by molar-refractivity contribution is 5.89. The maximum absolute atomic E-state index is 13.5. The molecule has 0 radical (unpaired) electrons. The molecule has 3 atom stereocenters. The molecule has 12 nitrogen and oxygen atoms in total. The molecule has 240 valence electrons. The van der Waals surface area contributed by atoms with Gasteiger partial charge in [0.25, 0.3) is 0 Å². The number of nitrogens with one attached hydrogen (secondary N) is 2. The van der Waals surface area contributed by atoms with Crippen molar-refractivity contribution in [3.8, 4) is 11.4 Å². The van der Waals surface area contributed by atoms with Crippen LogP contribution in [-0.2, 0) is 5.41 Å². The molecule has 2 aliphatic rings. The second kappa shape index (κ2) is 11.6. The number of fused-ring (bicyclic) bond motifs is 2. The van der Waals surface area contributed by atoms with Gasteiger partial charge >= 0.3 is 6.03 Å². The number of aryl methyl sites for hydroxylation is 2. The molecule has 0 bridgehead atoms. The van der Waals surface area contributed by atoms with Crippen LogP contribution in [0.4, 0.5) is 10.6 Å². The van der Waals surface area contributed by atoms with E-state index in [2.05, 4.69) is 75.2 Å². The average Bonchev–Trinajstić information content (AvgIpc) is 3.81. The van der Waals surface area contributed by atoms with Crippen molar-refractivity contribution in [2.24, 2.45) is 0 Å². The number of hydrogen-bond donors (Lipinski definition) is 2. The van der Waals surface area contributed by atoms with E-state index in [1.54, 1.807) is 4.68 Å². The SMILES string of the molecule is Cc1noc(C)c1-n1nc(C(C)(C)C)cc1NC(=O)N[C@H]1CC[C@@H](Oc2ccc3nnc([C@@H]4CCCN4C)n3c2)c2ccccc21. The van der Waals surface area contributed by atoms with Crippen LogP contribution in [0.1, 0.15) is 98.7 Å². The third-order valence-electron chi connectivity index (χ3n) is 9.17. The first kappa shape index (κ1) is 30.0. The molecule has 4 aromatic heterocycles. The van der Waals surface area contributed by atoms with Crippen molar-refractivity contribution in [1.29, 1.82) is 0 Å². The normalized spacial score (nSPS) is 20.2. The summed E-state index contributed by atoms with van der Waals surface area (Å²) in [5.74, 6) is 2.89. The summed E-state index contributed by atoms with van der Waals surface area (Å²) < 4.78 is 15.8. The zero-order valence-corrected chi connectivity index (χ0v) is 27.2. The van der Waals surface area contributed by atoms with Gasteiger partial charge in [0, 0.05) is 11.5 Å². The van der Waals surface area contributed by atoms with Gasteiger partial charge in [-0.25, -0.2) is 9.48 Å². The van der Waals surface area contributed by atoms with Crippen molar-refractivity contribution in [2.75, 3.05) is 18.9 Å². The molecule has 46 heavy (non-hydrogen) atoms. The van der Waals surface area contributed by atoms with Crippen molar-refractivity contribution < 1.29 is 14.1 Å². The lowest BCUT2D eigenvalue weighted by atomic mass is 9.85. The number of rotatable bonds is 6. The van der Waals surface area contributed by atoms with Crippen molar-refractivity contribution >= 4 is 17.5 Å². The summed E-state index contributed by atoms with van der Waals surface area (Å²) in [6, 6.07) is 13.8. The highest BCUT2D eigenvalue weighted by Crippen LogP contribution is 2.39. The van der Waals surface area contributed by atoms with E-state index in [-0.39, 0.29) is 29.6 Å². The maximum atomic E-state index is 13.5. The molecular weight excluding hydrogens is 582 g/mol. The number of likely N-dealkylation sites (tertiary alicyclic amines) is 1. The number of urea groups is 1. The molecule has 12 heteroatoms. The Bertz CT molecular complexity index is 1880. The van der Waals surface area contributed by atoms with Crippen LogP contribution in [0, 0.1) is 13.8 Å². The lowest BCUT2D eigenvalue weighted by Gasteiger charge is -2.32. The number of carbonyl (C=O) groups is 1. The number of hydrogen-bond acceptors (Lipinski definition) is 8. The Hall–Kier alpha value is -4.71. The van der Waals surface area contributed by atoms with Crippen molar-refractivity contribution in [1.82, 2.24) is 39.8 Å². The topological polar surface area (TPSA) is 128 Å². The van der Waals surface area contributed by atoms with Crippen LogP contribution < -0.4 is 15.4 Å². The molecule has 1 saturated heterocycles. The number of anilines is 1. The number of amides is 2. The van der Waals surface area contributed by atoms with Gasteiger partial charge in [-0.3, -0.25) is 14.6 Å². The van der Waals surface area contributed by atoms with Gasteiger partial charge in [0.05, 0.1) is 24.0 Å². The second-order valence-electron chi connectivity index (χ2n) is 13.5. The second-order valence-corrected chi connectivity index (χ2v) is 13.5. The lowest BCUT2D eigenvalue weighted by Crippen LogP contribution is -2.36. The summed E-state index contributed by atoms with van der Waals surface area (Å²) in [6.07, 6.45) is 5.54. The molecular formula is C34H41N9O3. The molecule has 2 N–H and O–H groups in total. The minimum atomic E-state index is -0.310. The molecule has 0 unspecified atom stereocenters.